The maximum Gasteiger partial charge on any atom is 0.331 e. The molecule has 1 aromatic heterocycles. The Morgan fingerprint density at radius 1 is 0.829 bits per heavy atom. The fourth-order valence-electron chi connectivity index (χ4n) is 3.77. The van der Waals surface area contributed by atoms with Gasteiger partial charge >= 0.3 is 6.03 Å². The molecule has 0 bridgehead atoms. The lowest BCUT2D eigenvalue weighted by atomic mass is 10.2. The van der Waals surface area contributed by atoms with E-state index < -0.39 is 10.0 Å². The summed E-state index contributed by atoms with van der Waals surface area (Å²) in [4.78, 5) is 25.2. The van der Waals surface area contributed by atoms with Crippen molar-refractivity contribution in [3.8, 4) is 0 Å². The van der Waals surface area contributed by atoms with E-state index in [4.69, 9.17) is 0 Å². The molecule has 1 aliphatic heterocycles. The fraction of sp³-hybridized carbons (Fsp3) is 0.0800. The number of nitrogens with one attached hydrogen (secondary N) is 2. The standard InChI is InChI=1S/C25H21N5O3S2/c1-16-15-17(2)27-24(26-16)29-35(32,33)19-13-11-18(12-14-19)28-25(31)30-20-7-3-5-9-22(20)34-23-10-6-4-8-21(23)30/h3-15H,1-2H3,(H,28,31)(H,26,27,29). The number of carbonyl (C=O) groups is 1. The SMILES string of the molecule is Cc1cc(C)nc(NS(=O)(=O)c2ccc(NC(=O)N3c4ccccc4Sc4ccccc43)cc2)n1. The van der Waals surface area contributed by atoms with Gasteiger partial charge < -0.3 is 5.32 Å². The molecule has 4 aromatic rings. The summed E-state index contributed by atoms with van der Waals surface area (Å²) in [6, 6.07) is 22.8. The second-order valence-corrected chi connectivity index (χ2v) is 10.7. The van der Waals surface area contributed by atoms with E-state index in [2.05, 4.69) is 20.0 Å². The summed E-state index contributed by atoms with van der Waals surface area (Å²) in [6.07, 6.45) is 0. The summed E-state index contributed by atoms with van der Waals surface area (Å²) in [5, 5.41) is 2.87. The average Bonchev–Trinajstić information content (AvgIpc) is 2.81. The van der Waals surface area contributed by atoms with E-state index in [1.165, 1.54) is 12.1 Å². The maximum atomic E-state index is 13.3. The number of para-hydroxylation sites is 2. The van der Waals surface area contributed by atoms with E-state index in [0.29, 0.717) is 17.1 Å². The molecule has 0 atom stereocenters. The minimum Gasteiger partial charge on any atom is -0.307 e. The van der Waals surface area contributed by atoms with Crippen molar-refractivity contribution in [1.29, 1.82) is 0 Å². The minimum atomic E-state index is -3.89. The van der Waals surface area contributed by atoms with Crippen molar-refractivity contribution in [3.05, 3.63) is 90.3 Å². The van der Waals surface area contributed by atoms with Crippen molar-refractivity contribution in [3.63, 3.8) is 0 Å². The van der Waals surface area contributed by atoms with Crippen LogP contribution in [-0.4, -0.2) is 24.4 Å². The van der Waals surface area contributed by atoms with Crippen molar-refractivity contribution >= 4 is 50.8 Å². The van der Waals surface area contributed by atoms with E-state index in [9.17, 15) is 13.2 Å². The number of aryl methyl sites for hydroxylation is 2. The number of carbonyl (C=O) groups excluding carboxylic acids is 1. The molecule has 0 radical (unpaired) electrons. The predicted molar refractivity (Wildman–Crippen MR) is 137 cm³/mol. The Morgan fingerprint density at radius 3 is 1.94 bits per heavy atom. The van der Waals surface area contributed by atoms with Crippen LogP contribution in [0.3, 0.4) is 0 Å². The molecule has 0 unspecified atom stereocenters. The molecule has 2 amide bonds. The highest BCUT2D eigenvalue weighted by Crippen LogP contribution is 2.48. The van der Waals surface area contributed by atoms with E-state index >= 15 is 0 Å². The Morgan fingerprint density at radius 2 is 1.37 bits per heavy atom. The molecular weight excluding hydrogens is 482 g/mol. The molecule has 0 fully saturated rings. The Balaban J connectivity index is 1.37. The first-order valence-corrected chi connectivity index (χ1v) is 13.0. The van der Waals surface area contributed by atoms with Crippen LogP contribution in [-0.2, 0) is 10.0 Å². The maximum absolute atomic E-state index is 13.3. The van der Waals surface area contributed by atoms with Gasteiger partial charge in [0, 0.05) is 26.9 Å². The van der Waals surface area contributed by atoms with Gasteiger partial charge in [0.2, 0.25) is 5.95 Å². The van der Waals surface area contributed by atoms with Crippen LogP contribution in [0.25, 0.3) is 0 Å². The number of urea groups is 1. The van der Waals surface area contributed by atoms with E-state index in [-0.39, 0.29) is 16.9 Å². The number of fused-ring (bicyclic) bond motifs is 2. The van der Waals surface area contributed by atoms with Gasteiger partial charge in [-0.15, -0.1) is 0 Å². The number of anilines is 4. The summed E-state index contributed by atoms with van der Waals surface area (Å²) in [5.74, 6) is 0.0141. The lowest BCUT2D eigenvalue weighted by Gasteiger charge is -2.31. The van der Waals surface area contributed by atoms with Crippen LogP contribution in [0.5, 0.6) is 0 Å². The molecule has 0 saturated carbocycles. The van der Waals surface area contributed by atoms with Crippen LogP contribution in [0.4, 0.5) is 27.8 Å². The Bertz CT molecular complexity index is 1470. The molecule has 2 N–H and O–H groups in total. The minimum absolute atomic E-state index is 0.0141. The molecule has 0 saturated heterocycles. The molecule has 3 aromatic carbocycles. The van der Waals surface area contributed by atoms with Gasteiger partial charge in [0.1, 0.15) is 0 Å². The van der Waals surface area contributed by atoms with Crippen LogP contribution in [0.2, 0.25) is 0 Å². The number of amides is 2. The lowest BCUT2D eigenvalue weighted by Crippen LogP contribution is -2.32. The normalized spacial score (nSPS) is 12.5. The van der Waals surface area contributed by atoms with Gasteiger partial charge in [0.25, 0.3) is 10.0 Å². The monoisotopic (exact) mass is 503 g/mol. The Kier molecular flexibility index (Phi) is 5.91. The van der Waals surface area contributed by atoms with E-state index in [1.54, 1.807) is 48.7 Å². The van der Waals surface area contributed by atoms with Crippen molar-refractivity contribution in [1.82, 2.24) is 9.97 Å². The van der Waals surface area contributed by atoms with Crippen molar-refractivity contribution in [2.75, 3.05) is 14.9 Å². The molecule has 2 heterocycles. The zero-order chi connectivity index (χ0) is 24.6. The van der Waals surface area contributed by atoms with Gasteiger partial charge in [-0.25, -0.2) is 27.9 Å². The number of aromatic nitrogens is 2. The van der Waals surface area contributed by atoms with Gasteiger partial charge in [0.05, 0.1) is 16.3 Å². The molecular formula is C25H21N5O3S2. The summed E-state index contributed by atoms with van der Waals surface area (Å²) in [6.45, 7) is 3.53. The Hall–Kier alpha value is -3.89. The third kappa shape index (κ3) is 4.71. The van der Waals surface area contributed by atoms with Crippen molar-refractivity contribution in [2.45, 2.75) is 28.5 Å². The highest BCUT2D eigenvalue weighted by atomic mass is 32.2. The third-order valence-electron chi connectivity index (χ3n) is 5.26. The summed E-state index contributed by atoms with van der Waals surface area (Å²) < 4.78 is 28.0. The van der Waals surface area contributed by atoms with Crippen LogP contribution in [0.1, 0.15) is 11.4 Å². The number of nitrogens with zero attached hydrogens (tertiary/aromatic N) is 3. The van der Waals surface area contributed by atoms with Gasteiger partial charge in [0.15, 0.2) is 0 Å². The van der Waals surface area contributed by atoms with Gasteiger partial charge in [-0.1, -0.05) is 36.0 Å². The Labute approximate surface area is 207 Å². The summed E-state index contributed by atoms with van der Waals surface area (Å²) in [7, 11) is -3.89. The van der Waals surface area contributed by atoms with Crippen molar-refractivity contribution < 1.29 is 13.2 Å². The number of hydrogen-bond acceptors (Lipinski definition) is 6. The zero-order valence-electron chi connectivity index (χ0n) is 18.9. The van der Waals surface area contributed by atoms with Crippen molar-refractivity contribution in [2.24, 2.45) is 0 Å². The quantitative estimate of drug-likeness (QED) is 0.369. The number of benzene rings is 3. The first-order chi connectivity index (χ1) is 16.8. The molecule has 176 valence electrons. The average molecular weight is 504 g/mol. The molecule has 0 aliphatic carbocycles. The summed E-state index contributed by atoms with van der Waals surface area (Å²) in [5.41, 5.74) is 3.35. The smallest absolute Gasteiger partial charge is 0.307 e. The van der Waals surface area contributed by atoms with E-state index in [0.717, 1.165) is 21.2 Å². The van der Waals surface area contributed by atoms with Crippen LogP contribution in [0, 0.1) is 13.8 Å². The van der Waals surface area contributed by atoms with E-state index in [1.807, 2.05) is 48.5 Å². The summed E-state index contributed by atoms with van der Waals surface area (Å²) >= 11 is 1.61. The highest BCUT2D eigenvalue weighted by Gasteiger charge is 2.28. The molecule has 0 spiro atoms. The number of rotatable bonds is 4. The van der Waals surface area contributed by atoms with Crippen LogP contribution in [0.15, 0.2) is 93.5 Å². The van der Waals surface area contributed by atoms with Gasteiger partial charge in [-0.2, -0.15) is 0 Å². The van der Waals surface area contributed by atoms with Gasteiger partial charge in [-0.05, 0) is 68.4 Å². The topological polar surface area (TPSA) is 104 Å². The second-order valence-electron chi connectivity index (χ2n) is 7.91. The fourth-order valence-corrected chi connectivity index (χ4v) is 5.77. The number of hydrogen-bond donors (Lipinski definition) is 2. The first kappa shape index (κ1) is 22.9. The molecule has 10 heteroatoms. The molecule has 1 aliphatic rings. The lowest BCUT2D eigenvalue weighted by molar-refractivity contribution is 0.259. The highest BCUT2D eigenvalue weighted by molar-refractivity contribution is 7.99. The molecule has 5 rings (SSSR count). The zero-order valence-corrected chi connectivity index (χ0v) is 20.5. The number of sulfonamides is 1. The van der Waals surface area contributed by atoms with Crippen LogP contribution >= 0.6 is 11.8 Å². The third-order valence-corrected chi connectivity index (χ3v) is 7.73. The van der Waals surface area contributed by atoms with Gasteiger partial charge in [-0.3, -0.25) is 4.90 Å². The molecule has 8 nitrogen and oxygen atoms in total. The predicted octanol–water partition coefficient (Wildman–Crippen LogP) is 5.73. The molecule has 35 heavy (non-hydrogen) atoms. The largest absolute Gasteiger partial charge is 0.331 e. The van der Waals surface area contributed by atoms with Crippen LogP contribution < -0.4 is 14.9 Å². The first-order valence-electron chi connectivity index (χ1n) is 10.7. The second kappa shape index (κ2) is 9.05.